The molecule has 3 aromatic rings. The lowest BCUT2D eigenvalue weighted by atomic mass is 10.0. The summed E-state index contributed by atoms with van der Waals surface area (Å²) in [7, 11) is 0. The molecule has 2 nitrogen and oxygen atoms in total. The molecule has 3 rings (SSSR count). The number of hydrogen-bond donors (Lipinski definition) is 1. The van der Waals surface area contributed by atoms with E-state index >= 15 is 0 Å². The van der Waals surface area contributed by atoms with Crippen LogP contribution in [0, 0.1) is 0 Å². The van der Waals surface area contributed by atoms with Crippen molar-refractivity contribution in [2.45, 2.75) is 0 Å². The molecule has 1 heterocycles. The summed E-state index contributed by atoms with van der Waals surface area (Å²) in [4.78, 5) is 4.44. The van der Waals surface area contributed by atoms with Crippen molar-refractivity contribution in [2.24, 2.45) is 0 Å². The highest BCUT2D eigenvalue weighted by Crippen LogP contribution is 2.30. The van der Waals surface area contributed by atoms with Gasteiger partial charge in [0.25, 0.3) is 0 Å². The summed E-state index contributed by atoms with van der Waals surface area (Å²) in [6, 6.07) is 18.0. The number of nitrogens with two attached hydrogens (primary N) is 1. The smallest absolute Gasteiger partial charge is 0.0781 e. The fourth-order valence-corrected chi connectivity index (χ4v) is 2.06. The number of para-hydroxylation sites is 2. The summed E-state index contributed by atoms with van der Waals surface area (Å²) in [5, 5.41) is 1.13. The molecular formula is C15H12N2. The Morgan fingerprint density at radius 2 is 1.53 bits per heavy atom. The molecule has 0 unspecified atom stereocenters. The maximum atomic E-state index is 6.02. The summed E-state index contributed by atoms with van der Waals surface area (Å²) in [5.74, 6) is 0. The standard InChI is InChI=1S/C15H12N2/c16-14-9-2-1-7-12(14)13-8-3-5-11-6-4-10-17-15(11)13/h1-10H,16H2. The van der Waals surface area contributed by atoms with Gasteiger partial charge in [0.1, 0.15) is 0 Å². The second kappa shape index (κ2) is 3.91. The third-order valence-corrected chi connectivity index (χ3v) is 2.88. The second-order valence-electron chi connectivity index (χ2n) is 3.97. The van der Waals surface area contributed by atoms with E-state index in [-0.39, 0.29) is 0 Å². The number of nitrogen functional groups attached to an aromatic ring is 1. The minimum Gasteiger partial charge on any atom is -0.398 e. The van der Waals surface area contributed by atoms with Crippen molar-refractivity contribution in [1.29, 1.82) is 0 Å². The van der Waals surface area contributed by atoms with E-state index in [9.17, 15) is 0 Å². The monoisotopic (exact) mass is 220 g/mol. The van der Waals surface area contributed by atoms with Gasteiger partial charge in [-0.3, -0.25) is 4.98 Å². The van der Waals surface area contributed by atoms with E-state index in [1.807, 2.05) is 42.6 Å². The molecule has 0 aliphatic rings. The molecule has 2 heteroatoms. The number of pyridine rings is 1. The van der Waals surface area contributed by atoms with Gasteiger partial charge in [0.05, 0.1) is 5.52 Å². The first-order valence-electron chi connectivity index (χ1n) is 5.55. The van der Waals surface area contributed by atoms with Crippen LogP contribution in [0.2, 0.25) is 0 Å². The molecule has 0 saturated heterocycles. The predicted octanol–water partition coefficient (Wildman–Crippen LogP) is 3.48. The Morgan fingerprint density at radius 1 is 0.765 bits per heavy atom. The Kier molecular flexibility index (Phi) is 2.26. The zero-order valence-electron chi connectivity index (χ0n) is 9.30. The number of benzene rings is 2. The Bertz CT molecular complexity index is 669. The summed E-state index contributed by atoms with van der Waals surface area (Å²) >= 11 is 0. The fourth-order valence-electron chi connectivity index (χ4n) is 2.06. The Balaban J connectivity index is 2.35. The van der Waals surface area contributed by atoms with Crippen LogP contribution in [0.15, 0.2) is 60.8 Å². The average Bonchev–Trinajstić information content (AvgIpc) is 2.39. The van der Waals surface area contributed by atoms with Crippen LogP contribution in [0.25, 0.3) is 22.0 Å². The van der Waals surface area contributed by atoms with E-state index in [1.54, 1.807) is 0 Å². The summed E-state index contributed by atoms with van der Waals surface area (Å²) < 4.78 is 0. The van der Waals surface area contributed by atoms with Gasteiger partial charge in [0.2, 0.25) is 0 Å². The van der Waals surface area contributed by atoms with Crippen LogP contribution in [0.4, 0.5) is 5.69 Å². The fraction of sp³-hybridized carbons (Fsp3) is 0. The van der Waals surface area contributed by atoms with Gasteiger partial charge in [0.15, 0.2) is 0 Å². The van der Waals surface area contributed by atoms with E-state index in [0.717, 1.165) is 27.7 Å². The van der Waals surface area contributed by atoms with Crippen molar-refractivity contribution in [1.82, 2.24) is 4.98 Å². The highest BCUT2D eigenvalue weighted by Gasteiger charge is 2.06. The molecule has 17 heavy (non-hydrogen) atoms. The van der Waals surface area contributed by atoms with Crippen LogP contribution >= 0.6 is 0 Å². The highest BCUT2D eigenvalue weighted by molar-refractivity contribution is 5.96. The van der Waals surface area contributed by atoms with Crippen molar-refractivity contribution in [2.75, 3.05) is 5.73 Å². The van der Waals surface area contributed by atoms with E-state index in [2.05, 4.69) is 23.2 Å². The number of nitrogens with zero attached hydrogens (tertiary/aromatic N) is 1. The number of fused-ring (bicyclic) bond motifs is 1. The average molecular weight is 220 g/mol. The predicted molar refractivity (Wildman–Crippen MR) is 71.6 cm³/mol. The Morgan fingerprint density at radius 3 is 2.41 bits per heavy atom. The molecule has 0 fully saturated rings. The maximum absolute atomic E-state index is 6.02. The maximum Gasteiger partial charge on any atom is 0.0781 e. The van der Waals surface area contributed by atoms with Gasteiger partial charge < -0.3 is 5.73 Å². The lowest BCUT2D eigenvalue weighted by Crippen LogP contribution is -1.91. The van der Waals surface area contributed by atoms with Crippen molar-refractivity contribution >= 4 is 16.6 Å². The van der Waals surface area contributed by atoms with E-state index in [4.69, 9.17) is 5.73 Å². The first-order chi connectivity index (χ1) is 8.36. The molecule has 0 radical (unpaired) electrons. The molecule has 0 spiro atoms. The van der Waals surface area contributed by atoms with Gasteiger partial charge >= 0.3 is 0 Å². The molecule has 0 bridgehead atoms. The zero-order chi connectivity index (χ0) is 11.7. The molecule has 0 aliphatic carbocycles. The first kappa shape index (κ1) is 9.85. The zero-order valence-corrected chi connectivity index (χ0v) is 9.30. The minimum absolute atomic E-state index is 0.783. The minimum atomic E-state index is 0.783. The SMILES string of the molecule is Nc1ccccc1-c1cccc2cccnc12. The topological polar surface area (TPSA) is 38.9 Å². The normalized spacial score (nSPS) is 10.6. The third-order valence-electron chi connectivity index (χ3n) is 2.88. The summed E-state index contributed by atoms with van der Waals surface area (Å²) in [6.07, 6.45) is 1.81. The quantitative estimate of drug-likeness (QED) is 0.637. The molecule has 0 amide bonds. The lowest BCUT2D eigenvalue weighted by molar-refractivity contribution is 1.41. The van der Waals surface area contributed by atoms with E-state index in [0.29, 0.717) is 0 Å². The number of rotatable bonds is 1. The van der Waals surface area contributed by atoms with Gasteiger partial charge in [-0.2, -0.15) is 0 Å². The van der Waals surface area contributed by atoms with Gasteiger partial charge in [-0.25, -0.2) is 0 Å². The van der Waals surface area contributed by atoms with Gasteiger partial charge in [-0.05, 0) is 12.1 Å². The van der Waals surface area contributed by atoms with Crippen LogP contribution in [0.5, 0.6) is 0 Å². The van der Waals surface area contributed by atoms with E-state index < -0.39 is 0 Å². The van der Waals surface area contributed by atoms with Gasteiger partial charge in [0, 0.05) is 28.4 Å². The number of anilines is 1. The molecule has 2 N–H and O–H groups in total. The lowest BCUT2D eigenvalue weighted by Gasteiger charge is -2.08. The van der Waals surface area contributed by atoms with Crippen molar-refractivity contribution in [3.05, 3.63) is 60.8 Å². The van der Waals surface area contributed by atoms with Crippen molar-refractivity contribution in [3.63, 3.8) is 0 Å². The Labute approximate surface area is 99.7 Å². The molecular weight excluding hydrogens is 208 g/mol. The van der Waals surface area contributed by atoms with Crippen LogP contribution in [-0.4, -0.2) is 4.98 Å². The molecule has 0 aliphatic heterocycles. The highest BCUT2D eigenvalue weighted by atomic mass is 14.7. The van der Waals surface area contributed by atoms with Crippen molar-refractivity contribution < 1.29 is 0 Å². The molecule has 1 aromatic heterocycles. The summed E-state index contributed by atoms with van der Waals surface area (Å²) in [5.41, 5.74) is 9.92. The molecule has 82 valence electrons. The second-order valence-corrected chi connectivity index (χ2v) is 3.97. The van der Waals surface area contributed by atoms with Crippen LogP contribution in [0.1, 0.15) is 0 Å². The van der Waals surface area contributed by atoms with Crippen LogP contribution < -0.4 is 5.73 Å². The van der Waals surface area contributed by atoms with Gasteiger partial charge in [-0.1, -0.05) is 42.5 Å². The molecule has 0 atom stereocenters. The van der Waals surface area contributed by atoms with Crippen molar-refractivity contribution in [3.8, 4) is 11.1 Å². The summed E-state index contributed by atoms with van der Waals surface area (Å²) in [6.45, 7) is 0. The molecule has 2 aromatic carbocycles. The van der Waals surface area contributed by atoms with Gasteiger partial charge in [-0.15, -0.1) is 0 Å². The largest absolute Gasteiger partial charge is 0.398 e. The Hall–Kier alpha value is -2.35. The van der Waals surface area contributed by atoms with E-state index in [1.165, 1.54) is 0 Å². The molecule has 0 saturated carbocycles. The van der Waals surface area contributed by atoms with Crippen LogP contribution in [0.3, 0.4) is 0 Å². The first-order valence-corrected chi connectivity index (χ1v) is 5.55. The number of aromatic nitrogens is 1. The van der Waals surface area contributed by atoms with Crippen LogP contribution in [-0.2, 0) is 0 Å². The number of hydrogen-bond acceptors (Lipinski definition) is 2. The third kappa shape index (κ3) is 1.64.